The van der Waals surface area contributed by atoms with E-state index >= 15 is 0 Å². The molecule has 0 bridgehead atoms. The zero-order valence-electron chi connectivity index (χ0n) is 7.90. The Balaban J connectivity index is 4.07. The van der Waals surface area contributed by atoms with Crippen LogP contribution in [0.1, 0.15) is 6.92 Å². The van der Waals surface area contributed by atoms with E-state index in [2.05, 4.69) is 4.99 Å². The molecule has 0 aliphatic heterocycles. The topological polar surface area (TPSA) is 56.8 Å². The van der Waals surface area contributed by atoms with Crippen LogP contribution in [0, 0.1) is 0 Å². The highest BCUT2D eigenvalue weighted by atomic mass is 32.2. The number of hydrogen-bond donors (Lipinski definition) is 1. The standard InChI is InChI=1S/C7H16N2O2S/c1-5(6(10-2)11-3)9-7(8)12-4/h5-6H,1-4H3,(H2,8,9). The molecule has 0 saturated heterocycles. The summed E-state index contributed by atoms with van der Waals surface area (Å²) in [5.41, 5.74) is 5.52. The van der Waals surface area contributed by atoms with Crippen molar-refractivity contribution >= 4 is 16.9 Å². The van der Waals surface area contributed by atoms with Crippen molar-refractivity contribution in [1.82, 2.24) is 0 Å². The third kappa shape index (κ3) is 3.94. The van der Waals surface area contributed by atoms with Crippen molar-refractivity contribution in [3.63, 3.8) is 0 Å². The zero-order valence-corrected chi connectivity index (χ0v) is 8.72. The Labute approximate surface area is 77.5 Å². The Kier molecular flexibility index (Phi) is 6.14. The van der Waals surface area contributed by atoms with E-state index in [1.54, 1.807) is 14.2 Å². The molecule has 0 fully saturated rings. The van der Waals surface area contributed by atoms with Crippen LogP contribution in [0.15, 0.2) is 4.99 Å². The smallest absolute Gasteiger partial charge is 0.178 e. The van der Waals surface area contributed by atoms with Gasteiger partial charge in [0.05, 0.1) is 0 Å². The normalized spacial score (nSPS) is 15.2. The summed E-state index contributed by atoms with van der Waals surface area (Å²) in [6.45, 7) is 1.89. The summed E-state index contributed by atoms with van der Waals surface area (Å²) in [4.78, 5) is 4.14. The lowest BCUT2D eigenvalue weighted by molar-refractivity contribution is -0.112. The van der Waals surface area contributed by atoms with Crippen LogP contribution < -0.4 is 5.73 Å². The van der Waals surface area contributed by atoms with Crippen LogP contribution in [-0.4, -0.2) is 38.0 Å². The van der Waals surface area contributed by atoms with Crippen molar-refractivity contribution in [3.05, 3.63) is 0 Å². The van der Waals surface area contributed by atoms with Crippen LogP contribution in [0.5, 0.6) is 0 Å². The predicted octanol–water partition coefficient (Wildman–Crippen LogP) is 0.672. The van der Waals surface area contributed by atoms with Gasteiger partial charge in [-0.05, 0) is 13.2 Å². The third-order valence-electron chi connectivity index (χ3n) is 1.40. The molecule has 0 amide bonds. The average molecular weight is 192 g/mol. The maximum atomic E-state index is 5.52. The van der Waals surface area contributed by atoms with Crippen molar-refractivity contribution in [2.45, 2.75) is 19.3 Å². The molecule has 0 rings (SSSR count). The Bertz CT molecular complexity index is 148. The lowest BCUT2D eigenvalue weighted by Crippen LogP contribution is -2.27. The van der Waals surface area contributed by atoms with Gasteiger partial charge in [-0.2, -0.15) is 0 Å². The fourth-order valence-corrected chi connectivity index (χ4v) is 1.08. The van der Waals surface area contributed by atoms with Gasteiger partial charge < -0.3 is 15.2 Å². The number of aliphatic imine (C=N–C) groups is 1. The van der Waals surface area contributed by atoms with Crippen LogP contribution in [0.25, 0.3) is 0 Å². The van der Waals surface area contributed by atoms with Gasteiger partial charge in [0.15, 0.2) is 11.5 Å². The third-order valence-corrected chi connectivity index (χ3v) is 1.92. The van der Waals surface area contributed by atoms with E-state index < -0.39 is 0 Å². The van der Waals surface area contributed by atoms with E-state index in [-0.39, 0.29) is 12.3 Å². The minimum atomic E-state index is -0.323. The lowest BCUT2D eigenvalue weighted by Gasteiger charge is -2.17. The molecule has 72 valence electrons. The number of methoxy groups -OCH3 is 2. The van der Waals surface area contributed by atoms with Crippen LogP contribution in [0.2, 0.25) is 0 Å². The molecule has 0 aliphatic rings. The Morgan fingerprint density at radius 2 is 1.92 bits per heavy atom. The lowest BCUT2D eigenvalue weighted by atomic mass is 10.3. The second kappa shape index (κ2) is 6.28. The average Bonchev–Trinajstić information content (AvgIpc) is 2.06. The first-order chi connectivity index (χ1) is 5.65. The molecule has 4 nitrogen and oxygen atoms in total. The van der Waals surface area contributed by atoms with Crippen molar-refractivity contribution < 1.29 is 9.47 Å². The summed E-state index contributed by atoms with van der Waals surface area (Å²) in [7, 11) is 3.16. The highest BCUT2D eigenvalue weighted by Crippen LogP contribution is 2.05. The molecule has 1 unspecified atom stereocenters. The molecule has 12 heavy (non-hydrogen) atoms. The predicted molar refractivity (Wildman–Crippen MR) is 52.4 cm³/mol. The molecule has 2 N–H and O–H groups in total. The minimum Gasteiger partial charge on any atom is -0.379 e. The molecule has 0 aliphatic carbocycles. The number of nitrogens with zero attached hydrogens (tertiary/aromatic N) is 1. The molecule has 5 heteroatoms. The van der Waals surface area contributed by atoms with E-state index in [9.17, 15) is 0 Å². The minimum absolute atomic E-state index is 0.0764. The van der Waals surface area contributed by atoms with Crippen LogP contribution in [-0.2, 0) is 9.47 Å². The molecular formula is C7H16N2O2S. The molecule has 0 aromatic heterocycles. The maximum absolute atomic E-state index is 5.52. The molecule has 1 atom stereocenters. The van der Waals surface area contributed by atoms with Gasteiger partial charge in [0.2, 0.25) is 0 Å². The first-order valence-corrected chi connectivity index (χ1v) is 4.81. The summed E-state index contributed by atoms with van der Waals surface area (Å²) in [6, 6.07) is -0.0764. The van der Waals surface area contributed by atoms with Gasteiger partial charge in [-0.25, -0.2) is 0 Å². The fraction of sp³-hybridized carbons (Fsp3) is 0.857. The molecule has 0 radical (unpaired) electrons. The molecular weight excluding hydrogens is 176 g/mol. The number of nitrogens with two attached hydrogens (primary N) is 1. The summed E-state index contributed by atoms with van der Waals surface area (Å²) in [5, 5.41) is 0.543. The Morgan fingerprint density at radius 1 is 1.42 bits per heavy atom. The number of thioether (sulfide) groups is 1. The van der Waals surface area contributed by atoms with Crippen molar-refractivity contribution in [1.29, 1.82) is 0 Å². The monoisotopic (exact) mass is 192 g/mol. The quantitative estimate of drug-likeness (QED) is 0.404. The summed E-state index contributed by atoms with van der Waals surface area (Å²) in [6.07, 6.45) is 1.55. The molecule has 0 saturated carbocycles. The van der Waals surface area contributed by atoms with Gasteiger partial charge in [-0.1, -0.05) is 11.8 Å². The van der Waals surface area contributed by atoms with Crippen molar-refractivity contribution in [2.24, 2.45) is 10.7 Å². The van der Waals surface area contributed by atoms with Gasteiger partial charge >= 0.3 is 0 Å². The highest BCUT2D eigenvalue weighted by molar-refractivity contribution is 8.13. The van der Waals surface area contributed by atoms with E-state index in [1.165, 1.54) is 11.8 Å². The first-order valence-electron chi connectivity index (χ1n) is 3.58. The number of ether oxygens (including phenoxy) is 2. The van der Waals surface area contributed by atoms with Gasteiger partial charge in [0, 0.05) is 14.2 Å². The van der Waals surface area contributed by atoms with Crippen LogP contribution >= 0.6 is 11.8 Å². The van der Waals surface area contributed by atoms with E-state index in [1.807, 2.05) is 13.2 Å². The molecule has 0 aromatic rings. The largest absolute Gasteiger partial charge is 0.379 e. The Morgan fingerprint density at radius 3 is 2.25 bits per heavy atom. The highest BCUT2D eigenvalue weighted by Gasteiger charge is 2.14. The van der Waals surface area contributed by atoms with Crippen molar-refractivity contribution in [2.75, 3.05) is 20.5 Å². The van der Waals surface area contributed by atoms with Gasteiger partial charge in [0.1, 0.15) is 6.04 Å². The van der Waals surface area contributed by atoms with Crippen LogP contribution in [0.3, 0.4) is 0 Å². The van der Waals surface area contributed by atoms with E-state index in [4.69, 9.17) is 15.2 Å². The van der Waals surface area contributed by atoms with Gasteiger partial charge in [0.25, 0.3) is 0 Å². The molecule has 0 spiro atoms. The molecule has 0 aromatic carbocycles. The van der Waals surface area contributed by atoms with Gasteiger partial charge in [-0.3, -0.25) is 4.99 Å². The molecule has 0 heterocycles. The number of rotatable bonds is 4. The maximum Gasteiger partial charge on any atom is 0.178 e. The summed E-state index contributed by atoms with van der Waals surface area (Å²) >= 11 is 1.41. The van der Waals surface area contributed by atoms with E-state index in [0.29, 0.717) is 5.17 Å². The fourth-order valence-electron chi connectivity index (χ4n) is 0.804. The van der Waals surface area contributed by atoms with Crippen LogP contribution in [0.4, 0.5) is 0 Å². The second-order valence-electron chi connectivity index (χ2n) is 2.25. The number of hydrogen-bond acceptors (Lipinski definition) is 4. The van der Waals surface area contributed by atoms with E-state index in [0.717, 1.165) is 0 Å². The second-order valence-corrected chi connectivity index (χ2v) is 3.08. The van der Waals surface area contributed by atoms with Gasteiger partial charge in [-0.15, -0.1) is 0 Å². The summed E-state index contributed by atoms with van der Waals surface area (Å²) < 4.78 is 10.0. The first kappa shape index (κ1) is 11.7. The van der Waals surface area contributed by atoms with Crippen molar-refractivity contribution in [3.8, 4) is 0 Å². The zero-order chi connectivity index (χ0) is 9.56. The summed E-state index contributed by atoms with van der Waals surface area (Å²) in [5.74, 6) is 0. The SMILES string of the molecule is COC(OC)C(C)N=C(N)SC. The Hall–Kier alpha value is -0.260. The number of amidine groups is 1.